The van der Waals surface area contributed by atoms with Crippen molar-refractivity contribution in [2.75, 3.05) is 13.1 Å². The molecule has 150 valence electrons. The molecule has 0 N–H and O–H groups in total. The normalized spacial score (nSPS) is 35.6. The second-order valence-electron chi connectivity index (χ2n) is 9.72. The molecule has 1 amide bonds. The van der Waals surface area contributed by atoms with Crippen LogP contribution in [-0.2, 0) is 4.79 Å². The summed E-state index contributed by atoms with van der Waals surface area (Å²) >= 11 is 0. The molecule has 2 aliphatic heterocycles. The van der Waals surface area contributed by atoms with Gasteiger partial charge in [0, 0.05) is 30.6 Å². The van der Waals surface area contributed by atoms with Crippen LogP contribution in [0.4, 0.5) is 0 Å². The van der Waals surface area contributed by atoms with Crippen LogP contribution in [0.25, 0.3) is 0 Å². The number of amides is 1. The standard InChI is InChI=1S/C23H37N3O/c1-5-6-8-21-24-23(17(4)26(21)16(2)3)11-7-12-25(15-23)22(27)20-14-18-9-10-19(20)13-18/h16,18-20H,4-15H2,1-3H3. The maximum absolute atomic E-state index is 13.3. The molecule has 1 saturated heterocycles. The lowest BCUT2D eigenvalue weighted by molar-refractivity contribution is -0.139. The smallest absolute Gasteiger partial charge is 0.226 e. The third-order valence-electron chi connectivity index (χ3n) is 7.56. The summed E-state index contributed by atoms with van der Waals surface area (Å²) in [6.45, 7) is 12.8. The highest BCUT2D eigenvalue weighted by atomic mass is 16.2. The Hall–Kier alpha value is -1.32. The molecule has 2 aliphatic carbocycles. The number of hydrogen-bond donors (Lipinski definition) is 0. The summed E-state index contributed by atoms with van der Waals surface area (Å²) in [6, 6.07) is 0.379. The fourth-order valence-corrected chi connectivity index (χ4v) is 6.20. The zero-order valence-corrected chi connectivity index (χ0v) is 17.5. The number of aliphatic imine (C=N–C) groups is 1. The van der Waals surface area contributed by atoms with Crippen molar-refractivity contribution in [3.05, 3.63) is 12.3 Å². The first kappa shape index (κ1) is 19.0. The third-order valence-corrected chi connectivity index (χ3v) is 7.56. The van der Waals surface area contributed by atoms with E-state index in [1.807, 2.05) is 0 Å². The molecule has 2 heterocycles. The second kappa shape index (κ2) is 7.25. The monoisotopic (exact) mass is 371 g/mol. The predicted octanol–water partition coefficient (Wildman–Crippen LogP) is 4.61. The van der Waals surface area contributed by atoms with Gasteiger partial charge in [-0.15, -0.1) is 0 Å². The van der Waals surface area contributed by atoms with Gasteiger partial charge in [0.1, 0.15) is 11.4 Å². The van der Waals surface area contributed by atoms with E-state index in [1.165, 1.54) is 37.9 Å². The van der Waals surface area contributed by atoms with Gasteiger partial charge in [0.25, 0.3) is 0 Å². The Balaban J connectivity index is 1.53. The first-order valence-corrected chi connectivity index (χ1v) is 11.3. The summed E-state index contributed by atoms with van der Waals surface area (Å²) in [5, 5.41) is 0. The highest BCUT2D eigenvalue weighted by Gasteiger charge is 2.50. The fourth-order valence-electron chi connectivity index (χ4n) is 6.20. The molecule has 0 aromatic rings. The summed E-state index contributed by atoms with van der Waals surface area (Å²) in [5.41, 5.74) is 0.868. The van der Waals surface area contributed by atoms with Gasteiger partial charge in [-0.1, -0.05) is 26.3 Å². The van der Waals surface area contributed by atoms with Crippen LogP contribution in [0.15, 0.2) is 17.3 Å². The van der Waals surface area contributed by atoms with Gasteiger partial charge < -0.3 is 9.80 Å². The number of hydrogen-bond acceptors (Lipinski definition) is 3. The first-order chi connectivity index (χ1) is 12.9. The van der Waals surface area contributed by atoms with Crippen LogP contribution in [0.2, 0.25) is 0 Å². The molecule has 4 heteroatoms. The largest absolute Gasteiger partial charge is 0.340 e. The van der Waals surface area contributed by atoms with Gasteiger partial charge in [-0.25, -0.2) is 0 Å². The van der Waals surface area contributed by atoms with Crippen LogP contribution in [0, 0.1) is 17.8 Å². The lowest BCUT2D eigenvalue weighted by atomic mass is 9.84. The van der Waals surface area contributed by atoms with Crippen LogP contribution in [0.3, 0.4) is 0 Å². The fraction of sp³-hybridized carbons (Fsp3) is 0.826. The van der Waals surface area contributed by atoms with Gasteiger partial charge in [0.2, 0.25) is 5.91 Å². The molecule has 4 unspecified atom stereocenters. The lowest BCUT2D eigenvalue weighted by Gasteiger charge is -2.42. The van der Waals surface area contributed by atoms with E-state index in [9.17, 15) is 4.79 Å². The molecule has 3 fully saturated rings. The van der Waals surface area contributed by atoms with Gasteiger partial charge in [-0.3, -0.25) is 9.79 Å². The molecule has 0 aromatic carbocycles. The van der Waals surface area contributed by atoms with Gasteiger partial charge in [-0.05, 0) is 64.2 Å². The van der Waals surface area contributed by atoms with Crippen LogP contribution in [0.5, 0.6) is 0 Å². The lowest BCUT2D eigenvalue weighted by Crippen LogP contribution is -2.52. The number of carbonyl (C=O) groups is 1. The Bertz CT molecular complexity index is 640. The number of rotatable bonds is 5. The summed E-state index contributed by atoms with van der Waals surface area (Å²) in [4.78, 5) is 23.1. The molecule has 0 aromatic heterocycles. The average molecular weight is 372 g/mol. The van der Waals surface area contributed by atoms with Crippen molar-refractivity contribution < 1.29 is 4.79 Å². The first-order valence-electron chi connectivity index (χ1n) is 11.3. The quantitative estimate of drug-likeness (QED) is 0.707. The van der Waals surface area contributed by atoms with Gasteiger partial charge in [0.05, 0.1) is 6.54 Å². The van der Waals surface area contributed by atoms with Crippen molar-refractivity contribution in [2.45, 2.75) is 90.1 Å². The maximum Gasteiger partial charge on any atom is 0.226 e. The minimum Gasteiger partial charge on any atom is -0.340 e. The highest BCUT2D eigenvalue weighted by molar-refractivity contribution is 5.88. The van der Waals surface area contributed by atoms with E-state index >= 15 is 0 Å². The number of likely N-dealkylation sites (tertiary alicyclic amines) is 1. The highest BCUT2D eigenvalue weighted by Crippen LogP contribution is 2.49. The van der Waals surface area contributed by atoms with Crippen LogP contribution >= 0.6 is 0 Å². The van der Waals surface area contributed by atoms with Crippen LogP contribution < -0.4 is 0 Å². The van der Waals surface area contributed by atoms with Crippen molar-refractivity contribution in [2.24, 2.45) is 22.7 Å². The predicted molar refractivity (Wildman–Crippen MR) is 111 cm³/mol. The maximum atomic E-state index is 13.3. The van der Waals surface area contributed by atoms with Gasteiger partial charge in [0.15, 0.2) is 0 Å². The zero-order valence-electron chi connectivity index (χ0n) is 17.5. The molecule has 4 atom stereocenters. The molecule has 4 nitrogen and oxygen atoms in total. The Labute approximate surface area is 165 Å². The van der Waals surface area contributed by atoms with E-state index in [4.69, 9.17) is 4.99 Å². The van der Waals surface area contributed by atoms with E-state index in [0.717, 1.165) is 50.4 Å². The second-order valence-corrected chi connectivity index (χ2v) is 9.72. The number of unbranched alkanes of at least 4 members (excludes halogenated alkanes) is 1. The van der Waals surface area contributed by atoms with E-state index < -0.39 is 0 Å². The number of amidine groups is 1. The Morgan fingerprint density at radius 2 is 2.15 bits per heavy atom. The Morgan fingerprint density at radius 3 is 2.78 bits per heavy atom. The van der Waals surface area contributed by atoms with E-state index in [2.05, 4.69) is 37.1 Å². The van der Waals surface area contributed by atoms with Crippen molar-refractivity contribution >= 4 is 11.7 Å². The van der Waals surface area contributed by atoms with Crippen LogP contribution in [-0.4, -0.2) is 46.2 Å². The van der Waals surface area contributed by atoms with E-state index in [-0.39, 0.29) is 5.54 Å². The number of carbonyl (C=O) groups excluding carboxylic acids is 1. The van der Waals surface area contributed by atoms with Gasteiger partial charge >= 0.3 is 0 Å². The van der Waals surface area contributed by atoms with Crippen molar-refractivity contribution in [1.82, 2.24) is 9.80 Å². The number of nitrogens with zero attached hydrogens (tertiary/aromatic N) is 3. The van der Waals surface area contributed by atoms with E-state index in [1.54, 1.807) is 0 Å². The van der Waals surface area contributed by atoms with Crippen molar-refractivity contribution in [3.63, 3.8) is 0 Å². The molecule has 1 spiro atoms. The zero-order chi connectivity index (χ0) is 19.2. The Kier molecular flexibility index (Phi) is 5.11. The van der Waals surface area contributed by atoms with Crippen LogP contribution in [0.1, 0.15) is 78.6 Å². The Morgan fingerprint density at radius 1 is 1.33 bits per heavy atom. The van der Waals surface area contributed by atoms with Crippen molar-refractivity contribution in [3.8, 4) is 0 Å². The summed E-state index contributed by atoms with van der Waals surface area (Å²) in [6.07, 6.45) is 10.5. The molecular weight excluding hydrogens is 334 g/mol. The van der Waals surface area contributed by atoms with Crippen molar-refractivity contribution in [1.29, 1.82) is 0 Å². The molecule has 2 bridgehead atoms. The number of fused-ring (bicyclic) bond motifs is 2. The molecule has 4 rings (SSSR count). The topological polar surface area (TPSA) is 35.9 Å². The molecular formula is C23H37N3O. The number of piperidine rings is 1. The molecule has 0 radical (unpaired) electrons. The third kappa shape index (κ3) is 3.23. The summed E-state index contributed by atoms with van der Waals surface area (Å²) in [5.74, 6) is 3.38. The minimum atomic E-state index is -0.265. The SMILES string of the molecule is C=C1N(C(C)C)C(CCCC)=NC12CCCN(C(=O)C1CC3CCC1C3)C2. The molecule has 4 aliphatic rings. The summed E-state index contributed by atoms with van der Waals surface area (Å²) < 4.78 is 0. The van der Waals surface area contributed by atoms with E-state index in [0.29, 0.717) is 23.8 Å². The van der Waals surface area contributed by atoms with Gasteiger partial charge in [-0.2, -0.15) is 0 Å². The summed E-state index contributed by atoms with van der Waals surface area (Å²) in [7, 11) is 0. The minimum absolute atomic E-state index is 0.265. The molecule has 2 saturated carbocycles. The molecule has 27 heavy (non-hydrogen) atoms. The average Bonchev–Trinajstić information content (AvgIpc) is 3.34.